The van der Waals surface area contributed by atoms with Gasteiger partial charge in [-0.15, -0.1) is 0 Å². The highest BCUT2D eigenvalue weighted by Crippen LogP contribution is 2.35. The second-order valence-corrected chi connectivity index (χ2v) is 6.00. The first-order valence-corrected chi connectivity index (χ1v) is 7.40. The van der Waals surface area contributed by atoms with E-state index in [1.165, 1.54) is 12.1 Å². The standard InChI is InChI=1S/C14H15BrF3NO2/c15-11-5-4-8(6-10(11)14(16,17)18)13(21)19-12-3-1-2-9(12)7-20/h4-6,9,12,20H,1-3,7H2,(H,19,21). The van der Waals surface area contributed by atoms with E-state index in [0.29, 0.717) is 0 Å². The number of carbonyl (C=O) groups is 1. The quantitative estimate of drug-likeness (QED) is 0.862. The summed E-state index contributed by atoms with van der Waals surface area (Å²) >= 11 is 2.84. The molecule has 2 rings (SSSR count). The Morgan fingerprint density at radius 1 is 1.38 bits per heavy atom. The predicted molar refractivity (Wildman–Crippen MR) is 74.8 cm³/mol. The molecule has 0 radical (unpaired) electrons. The summed E-state index contributed by atoms with van der Waals surface area (Å²) in [6, 6.07) is 3.22. The maximum Gasteiger partial charge on any atom is 0.417 e. The number of benzene rings is 1. The Labute approximate surface area is 128 Å². The summed E-state index contributed by atoms with van der Waals surface area (Å²) in [6.45, 7) is -0.0287. The molecule has 1 aromatic rings. The van der Waals surface area contributed by atoms with Crippen LogP contribution in [0.4, 0.5) is 13.2 Å². The molecule has 1 aromatic carbocycles. The molecule has 21 heavy (non-hydrogen) atoms. The third kappa shape index (κ3) is 3.77. The second-order valence-electron chi connectivity index (χ2n) is 5.15. The Balaban J connectivity index is 2.16. The van der Waals surface area contributed by atoms with Crippen LogP contribution in [0.2, 0.25) is 0 Å². The fourth-order valence-electron chi connectivity index (χ4n) is 2.58. The third-order valence-corrected chi connectivity index (χ3v) is 4.44. The summed E-state index contributed by atoms with van der Waals surface area (Å²) in [6.07, 6.45) is -2.07. The van der Waals surface area contributed by atoms with Gasteiger partial charge in [-0.1, -0.05) is 22.4 Å². The van der Waals surface area contributed by atoms with Gasteiger partial charge in [0.2, 0.25) is 0 Å². The lowest BCUT2D eigenvalue weighted by atomic mass is 10.0. The molecule has 1 fully saturated rings. The molecule has 0 bridgehead atoms. The average molecular weight is 366 g/mol. The van der Waals surface area contributed by atoms with Gasteiger partial charge in [-0.2, -0.15) is 13.2 Å². The highest BCUT2D eigenvalue weighted by Gasteiger charge is 2.34. The van der Waals surface area contributed by atoms with Gasteiger partial charge in [0, 0.05) is 28.6 Å². The van der Waals surface area contributed by atoms with Crippen LogP contribution in [0.1, 0.15) is 35.2 Å². The molecule has 1 amide bonds. The molecule has 0 aliphatic heterocycles. The van der Waals surface area contributed by atoms with Gasteiger partial charge in [0.05, 0.1) is 5.56 Å². The Kier molecular flexibility index (Phi) is 4.93. The molecule has 0 heterocycles. The fourth-order valence-corrected chi connectivity index (χ4v) is 3.05. The van der Waals surface area contributed by atoms with Crippen LogP contribution in [0, 0.1) is 5.92 Å². The minimum atomic E-state index is -4.52. The number of alkyl halides is 3. The van der Waals surface area contributed by atoms with Gasteiger partial charge in [0.25, 0.3) is 5.91 Å². The van der Waals surface area contributed by atoms with Crippen LogP contribution < -0.4 is 5.32 Å². The van der Waals surface area contributed by atoms with Crippen molar-refractivity contribution in [3.63, 3.8) is 0 Å². The molecule has 2 atom stereocenters. The average Bonchev–Trinajstić information content (AvgIpc) is 2.85. The Morgan fingerprint density at radius 3 is 2.71 bits per heavy atom. The van der Waals surface area contributed by atoms with Crippen molar-refractivity contribution in [3.05, 3.63) is 33.8 Å². The van der Waals surface area contributed by atoms with E-state index in [9.17, 15) is 23.1 Å². The Morgan fingerprint density at radius 2 is 2.10 bits per heavy atom. The molecule has 2 unspecified atom stereocenters. The molecule has 2 N–H and O–H groups in total. The molecule has 1 aliphatic rings. The minimum absolute atomic E-state index is 0.0218. The lowest BCUT2D eigenvalue weighted by molar-refractivity contribution is -0.138. The topological polar surface area (TPSA) is 49.3 Å². The first kappa shape index (κ1) is 16.3. The molecule has 116 valence electrons. The Bertz CT molecular complexity index is 533. The number of amides is 1. The van der Waals surface area contributed by atoms with Crippen molar-refractivity contribution in [1.29, 1.82) is 0 Å². The van der Waals surface area contributed by atoms with E-state index in [2.05, 4.69) is 21.2 Å². The van der Waals surface area contributed by atoms with Crippen LogP contribution in [0.5, 0.6) is 0 Å². The number of nitrogens with one attached hydrogen (secondary N) is 1. The monoisotopic (exact) mass is 365 g/mol. The van der Waals surface area contributed by atoms with Gasteiger partial charge >= 0.3 is 6.18 Å². The molecule has 0 saturated heterocycles. The van der Waals surface area contributed by atoms with Crippen LogP contribution in [0.15, 0.2) is 22.7 Å². The smallest absolute Gasteiger partial charge is 0.396 e. The van der Waals surface area contributed by atoms with Gasteiger partial charge in [0.15, 0.2) is 0 Å². The minimum Gasteiger partial charge on any atom is -0.396 e. The third-order valence-electron chi connectivity index (χ3n) is 3.74. The molecular weight excluding hydrogens is 351 g/mol. The number of hydrogen-bond donors (Lipinski definition) is 2. The molecule has 3 nitrogen and oxygen atoms in total. The lowest BCUT2D eigenvalue weighted by Gasteiger charge is -2.19. The zero-order chi connectivity index (χ0) is 15.6. The zero-order valence-electron chi connectivity index (χ0n) is 11.1. The summed E-state index contributed by atoms with van der Waals surface area (Å²) in [4.78, 5) is 12.1. The molecule has 1 saturated carbocycles. The van der Waals surface area contributed by atoms with Crippen LogP contribution in [0.3, 0.4) is 0 Å². The van der Waals surface area contributed by atoms with Gasteiger partial charge in [-0.3, -0.25) is 4.79 Å². The number of carbonyl (C=O) groups excluding carboxylic acids is 1. The summed E-state index contributed by atoms with van der Waals surface area (Å²) in [5.74, 6) is -0.565. The normalized spacial score (nSPS) is 22.3. The number of aliphatic hydroxyl groups excluding tert-OH is 1. The van der Waals surface area contributed by atoms with Crippen LogP contribution in [0.25, 0.3) is 0 Å². The van der Waals surface area contributed by atoms with Gasteiger partial charge in [-0.05, 0) is 31.0 Å². The first-order valence-electron chi connectivity index (χ1n) is 6.61. The second kappa shape index (κ2) is 6.36. The van der Waals surface area contributed by atoms with Crippen molar-refractivity contribution < 1.29 is 23.1 Å². The van der Waals surface area contributed by atoms with Crippen LogP contribution in [-0.4, -0.2) is 23.7 Å². The number of rotatable bonds is 3. The largest absolute Gasteiger partial charge is 0.417 e. The number of aliphatic hydroxyl groups is 1. The number of halogens is 4. The van der Waals surface area contributed by atoms with Crippen LogP contribution in [-0.2, 0) is 6.18 Å². The van der Waals surface area contributed by atoms with Crippen molar-refractivity contribution in [1.82, 2.24) is 5.32 Å². The van der Waals surface area contributed by atoms with Crippen molar-refractivity contribution in [2.75, 3.05) is 6.61 Å². The van der Waals surface area contributed by atoms with Crippen molar-refractivity contribution >= 4 is 21.8 Å². The van der Waals surface area contributed by atoms with Gasteiger partial charge < -0.3 is 10.4 Å². The highest BCUT2D eigenvalue weighted by molar-refractivity contribution is 9.10. The molecule has 7 heteroatoms. The van der Waals surface area contributed by atoms with E-state index < -0.39 is 17.6 Å². The van der Waals surface area contributed by atoms with E-state index in [-0.39, 0.29) is 28.6 Å². The summed E-state index contributed by atoms with van der Waals surface area (Å²) in [5.41, 5.74) is -0.908. The van der Waals surface area contributed by atoms with E-state index in [1.54, 1.807) is 0 Å². The summed E-state index contributed by atoms with van der Waals surface area (Å²) in [7, 11) is 0. The molecular formula is C14H15BrF3NO2. The summed E-state index contributed by atoms with van der Waals surface area (Å²) < 4.78 is 38.4. The van der Waals surface area contributed by atoms with E-state index in [1.807, 2.05) is 0 Å². The zero-order valence-corrected chi connectivity index (χ0v) is 12.7. The maximum atomic E-state index is 12.8. The fraction of sp³-hybridized carbons (Fsp3) is 0.500. The molecule has 0 spiro atoms. The van der Waals surface area contributed by atoms with E-state index in [4.69, 9.17) is 0 Å². The van der Waals surface area contributed by atoms with E-state index >= 15 is 0 Å². The lowest BCUT2D eigenvalue weighted by Crippen LogP contribution is -2.38. The van der Waals surface area contributed by atoms with Gasteiger partial charge in [0.1, 0.15) is 0 Å². The summed E-state index contributed by atoms with van der Waals surface area (Å²) in [5, 5.41) is 11.9. The van der Waals surface area contributed by atoms with Gasteiger partial charge in [-0.25, -0.2) is 0 Å². The van der Waals surface area contributed by atoms with Crippen molar-refractivity contribution in [2.45, 2.75) is 31.5 Å². The highest BCUT2D eigenvalue weighted by atomic mass is 79.9. The van der Waals surface area contributed by atoms with Crippen LogP contribution >= 0.6 is 15.9 Å². The molecule has 0 aromatic heterocycles. The Hall–Kier alpha value is -1.08. The molecule has 1 aliphatic carbocycles. The van der Waals surface area contributed by atoms with Crippen molar-refractivity contribution in [3.8, 4) is 0 Å². The number of hydrogen-bond acceptors (Lipinski definition) is 2. The van der Waals surface area contributed by atoms with E-state index in [0.717, 1.165) is 25.3 Å². The first-order chi connectivity index (χ1) is 9.82. The van der Waals surface area contributed by atoms with Crippen molar-refractivity contribution in [2.24, 2.45) is 5.92 Å². The predicted octanol–water partition coefficient (Wildman–Crippen LogP) is 3.36. The SMILES string of the molecule is O=C(NC1CCCC1CO)c1ccc(Br)c(C(F)(F)F)c1. The maximum absolute atomic E-state index is 12.8.